The molecule has 0 radical (unpaired) electrons. The Bertz CT molecular complexity index is 969. The lowest BCUT2D eigenvalue weighted by Crippen LogP contribution is -2.48. The fourth-order valence-corrected chi connectivity index (χ4v) is 4.82. The number of hydrogen-bond acceptors (Lipinski definition) is 6. The number of rotatable bonds is 5. The van der Waals surface area contributed by atoms with Gasteiger partial charge in [0.2, 0.25) is 5.75 Å². The van der Waals surface area contributed by atoms with Gasteiger partial charge in [0.25, 0.3) is 0 Å². The average Bonchev–Trinajstić information content (AvgIpc) is 2.73. The summed E-state index contributed by atoms with van der Waals surface area (Å²) in [6.07, 6.45) is 1.22. The first-order valence-electron chi connectivity index (χ1n) is 9.57. The first-order chi connectivity index (χ1) is 13.9. The quantitative estimate of drug-likeness (QED) is 0.564. The van der Waals surface area contributed by atoms with Crippen LogP contribution >= 0.6 is 0 Å². The first-order valence-corrected chi connectivity index (χ1v) is 9.57. The standard InChI is InChI=1S/C22H27NO6/c1-23(24)8-7-13-18-15(23)9-12-10-16(25-2)17(26-3)11-14(12)19(18)21(28-5)22(29-6)20(13)27-4/h10-11,15H,7-9H2,1-6H3/t15-,23?/m0/s1. The van der Waals surface area contributed by atoms with E-state index in [1.54, 1.807) is 42.6 Å². The van der Waals surface area contributed by atoms with Crippen LogP contribution in [0.25, 0.3) is 11.1 Å². The molecule has 2 aromatic rings. The van der Waals surface area contributed by atoms with Crippen molar-refractivity contribution in [1.29, 1.82) is 0 Å². The van der Waals surface area contributed by atoms with E-state index in [0.717, 1.165) is 27.8 Å². The van der Waals surface area contributed by atoms with Gasteiger partial charge in [0, 0.05) is 29.5 Å². The lowest BCUT2D eigenvalue weighted by Gasteiger charge is -2.51. The molecule has 1 aliphatic carbocycles. The summed E-state index contributed by atoms with van der Waals surface area (Å²) in [6, 6.07) is 3.66. The van der Waals surface area contributed by atoms with Gasteiger partial charge in [0.1, 0.15) is 6.04 Å². The molecule has 0 N–H and O–H groups in total. The molecule has 2 aromatic carbocycles. The van der Waals surface area contributed by atoms with E-state index in [-0.39, 0.29) is 10.7 Å². The van der Waals surface area contributed by atoms with Gasteiger partial charge in [-0.25, -0.2) is 0 Å². The van der Waals surface area contributed by atoms with E-state index in [4.69, 9.17) is 23.7 Å². The Morgan fingerprint density at radius 3 is 2.07 bits per heavy atom. The molecule has 0 amide bonds. The van der Waals surface area contributed by atoms with Crippen LogP contribution in [0.4, 0.5) is 0 Å². The number of likely N-dealkylation sites (N-methyl/N-ethyl adjacent to an activating group) is 1. The van der Waals surface area contributed by atoms with E-state index in [0.29, 0.717) is 48.1 Å². The van der Waals surface area contributed by atoms with Crippen LogP contribution in [-0.4, -0.2) is 53.8 Å². The molecule has 1 aliphatic heterocycles. The van der Waals surface area contributed by atoms with E-state index in [9.17, 15) is 5.21 Å². The van der Waals surface area contributed by atoms with Crippen molar-refractivity contribution in [2.45, 2.75) is 18.9 Å². The van der Waals surface area contributed by atoms with Crippen LogP contribution in [0.5, 0.6) is 28.7 Å². The minimum absolute atomic E-state index is 0.256. The number of hydrogen-bond donors (Lipinski definition) is 0. The Morgan fingerprint density at radius 2 is 1.48 bits per heavy atom. The Labute approximate surface area is 170 Å². The molecule has 0 bridgehead atoms. The van der Waals surface area contributed by atoms with E-state index >= 15 is 0 Å². The van der Waals surface area contributed by atoms with Gasteiger partial charge in [0.05, 0.1) is 49.1 Å². The Hall–Kier alpha value is -2.64. The van der Waals surface area contributed by atoms with Crippen molar-refractivity contribution >= 4 is 0 Å². The predicted molar refractivity (Wildman–Crippen MR) is 109 cm³/mol. The number of methoxy groups -OCH3 is 5. The zero-order valence-corrected chi connectivity index (χ0v) is 17.8. The summed E-state index contributed by atoms with van der Waals surface area (Å²) in [6.45, 7) is 0.478. The van der Waals surface area contributed by atoms with Crippen LogP contribution in [-0.2, 0) is 12.8 Å². The molecule has 156 valence electrons. The van der Waals surface area contributed by atoms with Crippen molar-refractivity contribution in [3.05, 3.63) is 34.0 Å². The van der Waals surface area contributed by atoms with E-state index in [2.05, 4.69) is 0 Å². The Kier molecular flexibility index (Phi) is 4.75. The van der Waals surface area contributed by atoms with Gasteiger partial charge in [-0.05, 0) is 23.3 Å². The highest BCUT2D eigenvalue weighted by Crippen LogP contribution is 2.58. The number of quaternary nitrogens is 1. The van der Waals surface area contributed by atoms with Gasteiger partial charge < -0.3 is 33.5 Å². The highest BCUT2D eigenvalue weighted by Gasteiger charge is 2.44. The van der Waals surface area contributed by atoms with Gasteiger partial charge in [-0.1, -0.05) is 0 Å². The number of fused-ring (bicyclic) bond motifs is 2. The number of benzene rings is 2. The summed E-state index contributed by atoms with van der Waals surface area (Å²) in [5.74, 6) is 3.04. The maximum atomic E-state index is 13.4. The predicted octanol–water partition coefficient (Wildman–Crippen LogP) is 3.49. The maximum absolute atomic E-state index is 13.4. The minimum Gasteiger partial charge on any atom is -0.633 e. The first kappa shape index (κ1) is 19.7. The summed E-state index contributed by atoms with van der Waals surface area (Å²) < 4.78 is 28.0. The third kappa shape index (κ3) is 2.72. The molecule has 0 spiro atoms. The molecule has 4 rings (SSSR count). The summed E-state index contributed by atoms with van der Waals surface area (Å²) in [5.41, 5.74) is 4.89. The van der Waals surface area contributed by atoms with Crippen LogP contribution in [0, 0.1) is 5.21 Å². The highest BCUT2D eigenvalue weighted by atomic mass is 16.5. The van der Waals surface area contributed by atoms with Crippen molar-refractivity contribution in [3.8, 4) is 39.9 Å². The smallest absolute Gasteiger partial charge is 0.204 e. The molecule has 0 aromatic heterocycles. The van der Waals surface area contributed by atoms with Crippen molar-refractivity contribution < 1.29 is 28.3 Å². The van der Waals surface area contributed by atoms with Crippen LogP contribution in [0.2, 0.25) is 0 Å². The SMILES string of the molecule is COc1cc2c(cc1OC)-c1c(OC)c(OC)c(OC)c3c1[C@H](C2)[N+](C)([O-])CC3. The fraction of sp³-hybridized carbons (Fsp3) is 0.455. The lowest BCUT2D eigenvalue weighted by molar-refractivity contribution is -0.894. The summed E-state index contributed by atoms with van der Waals surface area (Å²) in [7, 11) is 9.81. The van der Waals surface area contributed by atoms with Crippen molar-refractivity contribution in [1.82, 2.24) is 0 Å². The topological polar surface area (TPSA) is 69.2 Å². The van der Waals surface area contributed by atoms with Gasteiger partial charge >= 0.3 is 0 Å². The average molecular weight is 401 g/mol. The third-order valence-electron chi connectivity index (χ3n) is 6.21. The molecule has 0 saturated carbocycles. The van der Waals surface area contributed by atoms with Crippen LogP contribution in [0.1, 0.15) is 22.7 Å². The number of ether oxygens (including phenoxy) is 5. The minimum atomic E-state index is -0.341. The summed E-state index contributed by atoms with van der Waals surface area (Å²) in [5, 5.41) is 13.4. The molecular formula is C22H27NO6. The molecule has 1 heterocycles. The van der Waals surface area contributed by atoms with Crippen LogP contribution < -0.4 is 23.7 Å². The molecule has 0 saturated heterocycles. The van der Waals surface area contributed by atoms with Crippen molar-refractivity contribution in [2.24, 2.45) is 0 Å². The van der Waals surface area contributed by atoms with Gasteiger partial charge in [-0.2, -0.15) is 0 Å². The molecule has 7 heteroatoms. The second-order valence-corrected chi connectivity index (χ2v) is 7.60. The number of hydroxylamine groups is 3. The second-order valence-electron chi connectivity index (χ2n) is 7.60. The van der Waals surface area contributed by atoms with Crippen molar-refractivity contribution in [2.75, 3.05) is 49.1 Å². The molecule has 2 atom stereocenters. The Balaban J connectivity index is 2.14. The molecular weight excluding hydrogens is 374 g/mol. The normalized spacial score (nSPS) is 21.7. The fourth-order valence-electron chi connectivity index (χ4n) is 4.82. The molecule has 1 unspecified atom stereocenters. The van der Waals surface area contributed by atoms with E-state index < -0.39 is 0 Å². The second kappa shape index (κ2) is 7.00. The zero-order chi connectivity index (χ0) is 20.9. The van der Waals surface area contributed by atoms with Crippen LogP contribution in [0.3, 0.4) is 0 Å². The van der Waals surface area contributed by atoms with Crippen LogP contribution in [0.15, 0.2) is 12.1 Å². The van der Waals surface area contributed by atoms with E-state index in [1.165, 1.54) is 0 Å². The lowest BCUT2D eigenvalue weighted by atomic mass is 9.75. The largest absolute Gasteiger partial charge is 0.633 e. The summed E-state index contributed by atoms with van der Waals surface area (Å²) in [4.78, 5) is 0. The van der Waals surface area contributed by atoms with Gasteiger partial charge in [-0.3, -0.25) is 0 Å². The number of nitrogens with zero attached hydrogens (tertiary/aromatic N) is 1. The molecule has 7 nitrogen and oxygen atoms in total. The molecule has 2 aliphatic rings. The third-order valence-corrected chi connectivity index (χ3v) is 6.21. The molecule has 0 fully saturated rings. The Morgan fingerprint density at radius 1 is 0.862 bits per heavy atom. The van der Waals surface area contributed by atoms with Gasteiger partial charge in [0.15, 0.2) is 23.0 Å². The van der Waals surface area contributed by atoms with Gasteiger partial charge in [-0.15, -0.1) is 0 Å². The van der Waals surface area contributed by atoms with E-state index in [1.807, 2.05) is 12.1 Å². The monoisotopic (exact) mass is 401 g/mol. The maximum Gasteiger partial charge on any atom is 0.204 e. The molecule has 29 heavy (non-hydrogen) atoms. The summed E-state index contributed by atoms with van der Waals surface area (Å²) >= 11 is 0. The zero-order valence-electron chi connectivity index (χ0n) is 17.8. The van der Waals surface area contributed by atoms with Crippen molar-refractivity contribution in [3.63, 3.8) is 0 Å². The highest BCUT2D eigenvalue weighted by molar-refractivity contribution is 5.87.